The molecule has 0 atom stereocenters. The zero-order valence-electron chi connectivity index (χ0n) is 16.7. The molecule has 2 aromatic carbocycles. The summed E-state index contributed by atoms with van der Waals surface area (Å²) in [5.41, 5.74) is 6.88. The number of hydrogen-bond acceptors (Lipinski definition) is 5. The Balaban J connectivity index is 1.51. The molecule has 2 aromatic rings. The molecule has 0 aromatic heterocycles. The molecular formula is C22H26N4O3S. The Labute approximate surface area is 181 Å². The highest BCUT2D eigenvalue weighted by Gasteiger charge is 2.23. The Bertz CT molecular complexity index is 802. The first-order valence-electron chi connectivity index (χ1n) is 9.93. The number of morpholine rings is 1. The Morgan fingerprint density at radius 3 is 2.07 bits per heavy atom. The average Bonchev–Trinajstić information content (AvgIpc) is 2.78. The van der Waals surface area contributed by atoms with Crippen molar-refractivity contribution < 1.29 is 14.3 Å². The number of amides is 2. The Kier molecular flexibility index (Phi) is 8.31. The summed E-state index contributed by atoms with van der Waals surface area (Å²) >= 11 is 5.19. The van der Waals surface area contributed by atoms with Gasteiger partial charge in [0.1, 0.15) is 0 Å². The molecule has 30 heavy (non-hydrogen) atoms. The maximum atomic E-state index is 13.0. The second-order valence-corrected chi connectivity index (χ2v) is 7.36. The highest BCUT2D eigenvalue weighted by molar-refractivity contribution is 7.80. The van der Waals surface area contributed by atoms with Gasteiger partial charge in [0.2, 0.25) is 11.8 Å². The molecule has 0 bridgehead atoms. The first-order chi connectivity index (χ1) is 14.6. The smallest absolute Gasteiger partial charge is 0.239 e. The molecule has 0 aliphatic carbocycles. The minimum atomic E-state index is -0.510. The molecule has 8 heteroatoms. The average molecular weight is 427 g/mol. The van der Waals surface area contributed by atoms with Crippen molar-refractivity contribution in [3.8, 4) is 0 Å². The normalized spacial score (nSPS) is 14.2. The van der Waals surface area contributed by atoms with E-state index in [0.717, 1.165) is 24.2 Å². The Hall–Kier alpha value is -2.81. The van der Waals surface area contributed by atoms with Crippen molar-refractivity contribution in [2.45, 2.75) is 12.3 Å². The van der Waals surface area contributed by atoms with E-state index in [4.69, 9.17) is 17.0 Å². The SMILES string of the molecule is O=C(CCN1CCOCC1)NNC(=S)NC(=O)C(c1ccccc1)c1ccccc1. The lowest BCUT2D eigenvalue weighted by Gasteiger charge is -2.26. The van der Waals surface area contributed by atoms with Gasteiger partial charge in [-0.15, -0.1) is 0 Å². The fraction of sp³-hybridized carbons (Fsp3) is 0.318. The van der Waals surface area contributed by atoms with Gasteiger partial charge in [-0.05, 0) is 23.3 Å². The monoisotopic (exact) mass is 426 g/mol. The number of hydrazine groups is 1. The van der Waals surface area contributed by atoms with Crippen LogP contribution in [0.2, 0.25) is 0 Å². The number of carbonyl (C=O) groups is 2. The fourth-order valence-corrected chi connectivity index (χ4v) is 3.43. The van der Waals surface area contributed by atoms with E-state index in [-0.39, 0.29) is 16.9 Å². The summed E-state index contributed by atoms with van der Waals surface area (Å²) in [7, 11) is 0. The predicted octanol–water partition coefficient (Wildman–Crippen LogP) is 1.56. The standard InChI is InChI=1S/C22H26N4O3S/c27-19(11-12-26-13-15-29-16-14-26)24-25-22(30)23-21(28)20(17-7-3-1-4-8-17)18-9-5-2-6-10-18/h1-10,20H,11-16H2,(H,24,27)(H2,23,25,28,30). The van der Waals surface area contributed by atoms with Crippen molar-refractivity contribution in [2.75, 3.05) is 32.8 Å². The van der Waals surface area contributed by atoms with Crippen LogP contribution in [0.25, 0.3) is 0 Å². The van der Waals surface area contributed by atoms with E-state index in [0.29, 0.717) is 26.2 Å². The number of ether oxygens (including phenoxy) is 1. The Morgan fingerprint density at radius 2 is 1.50 bits per heavy atom. The van der Waals surface area contributed by atoms with Gasteiger partial charge >= 0.3 is 0 Å². The zero-order valence-corrected chi connectivity index (χ0v) is 17.5. The van der Waals surface area contributed by atoms with Gasteiger partial charge in [-0.2, -0.15) is 0 Å². The molecule has 2 amide bonds. The van der Waals surface area contributed by atoms with Crippen LogP contribution in [0, 0.1) is 0 Å². The summed E-state index contributed by atoms with van der Waals surface area (Å²) in [4.78, 5) is 27.2. The van der Waals surface area contributed by atoms with Crippen LogP contribution in [0.3, 0.4) is 0 Å². The molecule has 7 nitrogen and oxygen atoms in total. The molecular weight excluding hydrogens is 400 g/mol. The van der Waals surface area contributed by atoms with Crippen molar-refractivity contribution in [3.05, 3.63) is 71.8 Å². The van der Waals surface area contributed by atoms with Crippen LogP contribution in [-0.4, -0.2) is 54.7 Å². The summed E-state index contributed by atoms with van der Waals surface area (Å²) in [6, 6.07) is 19.0. The van der Waals surface area contributed by atoms with Crippen LogP contribution < -0.4 is 16.2 Å². The zero-order chi connectivity index (χ0) is 21.2. The van der Waals surface area contributed by atoms with E-state index in [2.05, 4.69) is 21.1 Å². The third-order valence-electron chi connectivity index (χ3n) is 4.84. The van der Waals surface area contributed by atoms with E-state index in [1.807, 2.05) is 60.7 Å². The largest absolute Gasteiger partial charge is 0.379 e. The minimum absolute atomic E-state index is 0.0524. The summed E-state index contributed by atoms with van der Waals surface area (Å²) < 4.78 is 5.29. The molecule has 1 aliphatic rings. The second-order valence-electron chi connectivity index (χ2n) is 6.95. The van der Waals surface area contributed by atoms with Crippen LogP contribution in [0.5, 0.6) is 0 Å². The molecule has 0 unspecified atom stereocenters. The third kappa shape index (κ3) is 6.62. The van der Waals surface area contributed by atoms with Crippen LogP contribution in [0.15, 0.2) is 60.7 Å². The van der Waals surface area contributed by atoms with Gasteiger partial charge in [-0.3, -0.25) is 25.3 Å². The lowest BCUT2D eigenvalue weighted by atomic mass is 9.90. The molecule has 0 saturated carbocycles. The second kappa shape index (κ2) is 11.4. The molecule has 3 rings (SSSR count). The van der Waals surface area contributed by atoms with E-state index in [1.165, 1.54) is 0 Å². The predicted molar refractivity (Wildman–Crippen MR) is 119 cm³/mol. The van der Waals surface area contributed by atoms with E-state index < -0.39 is 5.92 Å². The van der Waals surface area contributed by atoms with E-state index >= 15 is 0 Å². The molecule has 1 aliphatic heterocycles. The maximum absolute atomic E-state index is 13.0. The van der Waals surface area contributed by atoms with Gasteiger partial charge in [0.05, 0.1) is 19.1 Å². The first-order valence-corrected chi connectivity index (χ1v) is 10.3. The molecule has 1 saturated heterocycles. The number of carbonyl (C=O) groups excluding carboxylic acids is 2. The summed E-state index contributed by atoms with van der Waals surface area (Å²) in [6.07, 6.45) is 0.334. The van der Waals surface area contributed by atoms with Crippen LogP contribution >= 0.6 is 12.2 Å². The number of thiocarbonyl (C=S) groups is 1. The van der Waals surface area contributed by atoms with Gasteiger partial charge in [0.15, 0.2) is 5.11 Å². The number of hydrogen-bond donors (Lipinski definition) is 3. The van der Waals surface area contributed by atoms with Crippen molar-refractivity contribution >= 4 is 29.1 Å². The maximum Gasteiger partial charge on any atom is 0.239 e. The first kappa shape index (κ1) is 21.9. The van der Waals surface area contributed by atoms with Crippen LogP contribution in [0.1, 0.15) is 23.5 Å². The van der Waals surface area contributed by atoms with Gasteiger partial charge in [-0.1, -0.05) is 60.7 Å². The van der Waals surface area contributed by atoms with E-state index in [1.54, 1.807) is 0 Å². The highest BCUT2D eigenvalue weighted by Crippen LogP contribution is 2.24. The van der Waals surface area contributed by atoms with Gasteiger partial charge in [0.25, 0.3) is 0 Å². The van der Waals surface area contributed by atoms with Gasteiger partial charge in [-0.25, -0.2) is 0 Å². The third-order valence-corrected chi connectivity index (χ3v) is 5.04. The quantitative estimate of drug-likeness (QED) is 0.480. The summed E-state index contributed by atoms with van der Waals surface area (Å²) in [5.74, 6) is -0.975. The fourth-order valence-electron chi connectivity index (χ4n) is 3.27. The molecule has 0 spiro atoms. The van der Waals surface area contributed by atoms with Gasteiger partial charge in [0, 0.05) is 26.1 Å². The highest BCUT2D eigenvalue weighted by atomic mass is 32.1. The van der Waals surface area contributed by atoms with Crippen molar-refractivity contribution in [1.82, 2.24) is 21.1 Å². The lowest BCUT2D eigenvalue weighted by Crippen LogP contribution is -2.50. The van der Waals surface area contributed by atoms with Crippen molar-refractivity contribution in [1.29, 1.82) is 0 Å². The molecule has 3 N–H and O–H groups in total. The number of rotatable bonds is 6. The number of nitrogens with one attached hydrogen (secondary N) is 3. The molecule has 1 fully saturated rings. The van der Waals surface area contributed by atoms with Crippen LogP contribution in [-0.2, 0) is 14.3 Å². The number of nitrogens with zero attached hydrogens (tertiary/aromatic N) is 1. The Morgan fingerprint density at radius 1 is 0.933 bits per heavy atom. The molecule has 1 heterocycles. The van der Waals surface area contributed by atoms with E-state index in [9.17, 15) is 9.59 Å². The molecule has 0 radical (unpaired) electrons. The molecule has 158 valence electrons. The van der Waals surface area contributed by atoms with Crippen molar-refractivity contribution in [3.63, 3.8) is 0 Å². The summed E-state index contributed by atoms with van der Waals surface area (Å²) in [6.45, 7) is 3.70. The van der Waals surface area contributed by atoms with Crippen molar-refractivity contribution in [2.24, 2.45) is 0 Å². The summed E-state index contributed by atoms with van der Waals surface area (Å²) in [5, 5.41) is 2.73. The van der Waals surface area contributed by atoms with Crippen LogP contribution in [0.4, 0.5) is 0 Å². The topological polar surface area (TPSA) is 82.7 Å². The minimum Gasteiger partial charge on any atom is -0.379 e. The lowest BCUT2D eigenvalue weighted by molar-refractivity contribution is -0.123. The van der Waals surface area contributed by atoms with Gasteiger partial charge < -0.3 is 10.1 Å². The number of benzene rings is 2.